The quantitative estimate of drug-likeness (QED) is 0.670. The highest BCUT2D eigenvalue weighted by atomic mass is 35.5. The Morgan fingerprint density at radius 1 is 1.24 bits per heavy atom. The molecule has 0 radical (unpaired) electrons. The number of ether oxygens (including phenoxy) is 1. The van der Waals surface area contributed by atoms with Gasteiger partial charge in [-0.15, -0.1) is 0 Å². The average Bonchev–Trinajstić information content (AvgIpc) is 2.49. The molecule has 1 amide bonds. The number of methoxy groups -OCH3 is 1. The number of halogens is 1. The van der Waals surface area contributed by atoms with Gasteiger partial charge in [0.1, 0.15) is 5.75 Å². The predicted octanol–water partition coefficient (Wildman–Crippen LogP) is 3.58. The van der Waals surface area contributed by atoms with Crippen molar-refractivity contribution in [2.75, 3.05) is 18.2 Å². The summed E-state index contributed by atoms with van der Waals surface area (Å²) in [4.78, 5) is 11.9. The number of nitrogens with one attached hydrogen (secondary N) is 1. The Kier molecular flexibility index (Phi) is 4.85. The van der Waals surface area contributed by atoms with E-state index >= 15 is 0 Å². The molecule has 0 saturated carbocycles. The molecule has 0 aliphatic carbocycles. The number of carbonyl (C=O) groups excluding carboxylic acids is 1. The molecule has 2 aromatic rings. The minimum absolute atomic E-state index is 0.273. The van der Waals surface area contributed by atoms with Crippen LogP contribution in [0.15, 0.2) is 48.5 Å². The van der Waals surface area contributed by atoms with Crippen molar-refractivity contribution in [3.63, 3.8) is 0 Å². The Morgan fingerprint density at radius 3 is 2.62 bits per heavy atom. The maximum atomic E-state index is 11.9. The highest BCUT2D eigenvalue weighted by Crippen LogP contribution is 2.24. The van der Waals surface area contributed by atoms with Crippen LogP contribution in [0.3, 0.4) is 0 Å². The van der Waals surface area contributed by atoms with Crippen LogP contribution in [0.2, 0.25) is 5.02 Å². The molecule has 3 N–H and O–H groups in total. The highest BCUT2D eigenvalue weighted by molar-refractivity contribution is 6.30. The van der Waals surface area contributed by atoms with Crippen LogP contribution in [0.4, 0.5) is 11.4 Å². The summed E-state index contributed by atoms with van der Waals surface area (Å²) in [6, 6.07) is 12.3. The minimum atomic E-state index is -0.273. The maximum Gasteiger partial charge on any atom is 0.248 e. The van der Waals surface area contributed by atoms with Crippen molar-refractivity contribution in [1.82, 2.24) is 0 Å². The summed E-state index contributed by atoms with van der Waals surface area (Å²) in [5.41, 5.74) is 7.68. The Labute approximate surface area is 128 Å². The van der Waals surface area contributed by atoms with Crippen LogP contribution in [-0.4, -0.2) is 13.0 Å². The lowest BCUT2D eigenvalue weighted by Gasteiger charge is -2.08. The zero-order chi connectivity index (χ0) is 15.2. The van der Waals surface area contributed by atoms with Crippen LogP contribution in [0.5, 0.6) is 5.75 Å². The van der Waals surface area contributed by atoms with Crippen LogP contribution in [0.1, 0.15) is 5.56 Å². The van der Waals surface area contributed by atoms with E-state index in [1.165, 1.54) is 6.08 Å². The number of nitrogens with two attached hydrogens (primary N) is 1. The van der Waals surface area contributed by atoms with Crippen molar-refractivity contribution < 1.29 is 9.53 Å². The standard InChI is InChI=1S/C16H15ClN2O2/c1-21-13-7-8-14(18)15(10-13)19-16(20)9-4-11-2-5-12(17)6-3-11/h2-10H,18H2,1H3,(H,19,20). The fourth-order valence-corrected chi connectivity index (χ4v) is 1.82. The van der Waals surface area contributed by atoms with Gasteiger partial charge in [0, 0.05) is 17.2 Å². The molecule has 0 saturated heterocycles. The van der Waals surface area contributed by atoms with Gasteiger partial charge in [-0.1, -0.05) is 23.7 Å². The molecule has 0 aliphatic rings. The average molecular weight is 303 g/mol. The van der Waals surface area contributed by atoms with Crippen LogP contribution in [-0.2, 0) is 4.79 Å². The number of carbonyl (C=O) groups is 1. The highest BCUT2D eigenvalue weighted by Gasteiger charge is 2.04. The third-order valence-corrected chi connectivity index (χ3v) is 3.07. The van der Waals surface area contributed by atoms with E-state index in [1.807, 2.05) is 12.1 Å². The first kappa shape index (κ1) is 14.9. The number of anilines is 2. The first-order valence-electron chi connectivity index (χ1n) is 6.26. The summed E-state index contributed by atoms with van der Waals surface area (Å²) >= 11 is 5.80. The van der Waals surface area contributed by atoms with Gasteiger partial charge in [-0.2, -0.15) is 0 Å². The molecule has 0 fully saturated rings. The van der Waals surface area contributed by atoms with Gasteiger partial charge in [-0.05, 0) is 35.9 Å². The second kappa shape index (κ2) is 6.81. The summed E-state index contributed by atoms with van der Waals surface area (Å²) in [5.74, 6) is 0.353. The molecule has 0 atom stereocenters. The van der Waals surface area contributed by atoms with Gasteiger partial charge in [0.05, 0.1) is 18.5 Å². The lowest BCUT2D eigenvalue weighted by atomic mass is 10.2. The van der Waals surface area contributed by atoms with E-state index in [-0.39, 0.29) is 5.91 Å². The second-order valence-corrected chi connectivity index (χ2v) is 4.76. The summed E-state index contributed by atoms with van der Waals surface area (Å²) in [7, 11) is 1.55. The molecule has 5 heteroatoms. The van der Waals surface area contributed by atoms with Crippen molar-refractivity contribution in [3.8, 4) is 5.75 Å². The molecule has 0 aliphatic heterocycles. The summed E-state index contributed by atoms with van der Waals surface area (Å²) < 4.78 is 5.09. The topological polar surface area (TPSA) is 64.3 Å². The van der Waals surface area contributed by atoms with Crippen molar-refractivity contribution in [1.29, 1.82) is 0 Å². The van der Waals surface area contributed by atoms with Gasteiger partial charge in [-0.3, -0.25) is 4.79 Å². The fraction of sp³-hybridized carbons (Fsp3) is 0.0625. The van der Waals surface area contributed by atoms with E-state index in [2.05, 4.69) is 5.32 Å². The first-order chi connectivity index (χ1) is 10.1. The summed E-state index contributed by atoms with van der Waals surface area (Å²) in [6.07, 6.45) is 3.13. The lowest BCUT2D eigenvalue weighted by Crippen LogP contribution is -2.09. The van der Waals surface area contributed by atoms with Crippen LogP contribution >= 0.6 is 11.6 Å². The summed E-state index contributed by atoms with van der Waals surface area (Å²) in [5, 5.41) is 3.36. The van der Waals surface area contributed by atoms with Crippen molar-refractivity contribution >= 4 is 35.0 Å². The maximum absolute atomic E-state index is 11.9. The molecule has 0 unspecified atom stereocenters. The Hall–Kier alpha value is -2.46. The van der Waals surface area contributed by atoms with E-state index in [0.717, 1.165) is 5.56 Å². The third-order valence-electron chi connectivity index (χ3n) is 2.82. The van der Waals surface area contributed by atoms with Crippen LogP contribution < -0.4 is 15.8 Å². The first-order valence-corrected chi connectivity index (χ1v) is 6.64. The van der Waals surface area contributed by atoms with Gasteiger partial charge in [0.2, 0.25) is 5.91 Å². The molecule has 0 bridgehead atoms. The lowest BCUT2D eigenvalue weighted by molar-refractivity contribution is -0.111. The zero-order valence-corrected chi connectivity index (χ0v) is 12.2. The Balaban J connectivity index is 2.06. The Morgan fingerprint density at radius 2 is 1.95 bits per heavy atom. The molecule has 0 aromatic heterocycles. The van der Waals surface area contributed by atoms with E-state index in [1.54, 1.807) is 43.5 Å². The van der Waals surface area contributed by atoms with E-state index < -0.39 is 0 Å². The van der Waals surface area contributed by atoms with Gasteiger partial charge < -0.3 is 15.8 Å². The molecule has 2 aromatic carbocycles. The molecule has 108 valence electrons. The molecule has 0 spiro atoms. The van der Waals surface area contributed by atoms with Crippen molar-refractivity contribution in [3.05, 3.63) is 59.1 Å². The molecule has 0 heterocycles. The van der Waals surface area contributed by atoms with Gasteiger partial charge in [0.25, 0.3) is 0 Å². The van der Waals surface area contributed by atoms with Crippen LogP contribution in [0, 0.1) is 0 Å². The summed E-state index contributed by atoms with van der Waals surface area (Å²) in [6.45, 7) is 0. The second-order valence-electron chi connectivity index (χ2n) is 4.33. The number of rotatable bonds is 4. The van der Waals surface area contributed by atoms with E-state index in [0.29, 0.717) is 22.1 Å². The molecule has 21 heavy (non-hydrogen) atoms. The normalized spacial score (nSPS) is 10.6. The molecule has 2 rings (SSSR count). The van der Waals surface area contributed by atoms with Crippen molar-refractivity contribution in [2.45, 2.75) is 0 Å². The zero-order valence-electron chi connectivity index (χ0n) is 11.5. The van der Waals surface area contributed by atoms with E-state index in [4.69, 9.17) is 22.1 Å². The van der Waals surface area contributed by atoms with Crippen molar-refractivity contribution in [2.24, 2.45) is 0 Å². The largest absolute Gasteiger partial charge is 0.497 e. The number of nitrogen functional groups attached to an aromatic ring is 1. The van der Waals surface area contributed by atoms with Crippen LogP contribution in [0.25, 0.3) is 6.08 Å². The number of hydrogen-bond donors (Lipinski definition) is 2. The monoisotopic (exact) mass is 302 g/mol. The van der Waals surface area contributed by atoms with E-state index in [9.17, 15) is 4.79 Å². The number of hydrogen-bond acceptors (Lipinski definition) is 3. The molecular weight excluding hydrogens is 288 g/mol. The molecular formula is C16H15ClN2O2. The fourth-order valence-electron chi connectivity index (χ4n) is 1.69. The number of benzene rings is 2. The van der Waals surface area contributed by atoms with Gasteiger partial charge in [-0.25, -0.2) is 0 Å². The number of amides is 1. The molecule has 4 nitrogen and oxygen atoms in total. The third kappa shape index (κ3) is 4.26. The van der Waals surface area contributed by atoms with Gasteiger partial charge >= 0.3 is 0 Å². The van der Waals surface area contributed by atoms with Gasteiger partial charge in [0.15, 0.2) is 0 Å². The Bertz CT molecular complexity index is 666. The predicted molar refractivity (Wildman–Crippen MR) is 86.5 cm³/mol. The minimum Gasteiger partial charge on any atom is -0.497 e. The smallest absolute Gasteiger partial charge is 0.248 e. The SMILES string of the molecule is COc1ccc(N)c(NC(=O)C=Cc2ccc(Cl)cc2)c1.